The predicted molar refractivity (Wildman–Crippen MR) is 41.3 cm³/mol. The number of hydrogen-bond acceptors (Lipinski definition) is 2. The van der Waals surface area contributed by atoms with E-state index in [9.17, 15) is 0 Å². The zero-order valence-corrected chi connectivity index (χ0v) is 6.50. The molecule has 10 heavy (non-hydrogen) atoms. The molecule has 0 aliphatic rings. The van der Waals surface area contributed by atoms with Gasteiger partial charge in [0.15, 0.2) is 6.29 Å². The third-order valence-corrected chi connectivity index (χ3v) is 0.829. The van der Waals surface area contributed by atoms with E-state index in [1.807, 2.05) is 13.8 Å². The molecule has 0 heterocycles. The van der Waals surface area contributed by atoms with Crippen LogP contribution in [0.2, 0.25) is 0 Å². The minimum absolute atomic E-state index is 0.462. The molecular weight excluding hydrogens is 128 g/mol. The number of allylic oxidation sites excluding steroid dienone is 1. The van der Waals surface area contributed by atoms with Gasteiger partial charge in [-0.3, -0.25) is 0 Å². The Labute approximate surface area is 61.8 Å². The van der Waals surface area contributed by atoms with Gasteiger partial charge in [-0.25, -0.2) is 0 Å². The van der Waals surface area contributed by atoms with Crippen LogP contribution in [0, 0.1) is 0 Å². The molecule has 0 saturated heterocycles. The first-order chi connectivity index (χ1) is 4.66. The molecule has 2 nitrogen and oxygen atoms in total. The van der Waals surface area contributed by atoms with Gasteiger partial charge in [-0.1, -0.05) is 6.08 Å². The summed E-state index contributed by atoms with van der Waals surface area (Å²) in [5, 5.41) is 8.96. The fourth-order valence-electron chi connectivity index (χ4n) is 0.413. The Morgan fingerprint density at radius 1 is 1.70 bits per heavy atom. The molecule has 2 heteroatoms. The van der Waals surface area contributed by atoms with Gasteiger partial charge in [-0.05, 0) is 19.4 Å². The van der Waals surface area contributed by atoms with Gasteiger partial charge >= 0.3 is 0 Å². The molecular formula is C8H14O2. The monoisotopic (exact) mass is 142 g/mol. The lowest BCUT2D eigenvalue weighted by Crippen LogP contribution is -2.05. The Kier molecular flexibility index (Phi) is 4.67. The first-order valence-electron chi connectivity index (χ1n) is 3.24. The predicted octanol–water partition coefficient (Wildman–Crippen LogP) is 1.82. The molecule has 0 aromatic heterocycles. The van der Waals surface area contributed by atoms with Crippen molar-refractivity contribution in [3.05, 3.63) is 24.5 Å². The smallest absolute Gasteiger partial charge is 0.199 e. The summed E-state index contributed by atoms with van der Waals surface area (Å²) >= 11 is 0. The van der Waals surface area contributed by atoms with E-state index in [0.29, 0.717) is 6.42 Å². The highest BCUT2D eigenvalue weighted by atomic mass is 16.6. The summed E-state index contributed by atoms with van der Waals surface area (Å²) in [7, 11) is 0. The van der Waals surface area contributed by atoms with Gasteiger partial charge in [0.1, 0.15) is 0 Å². The summed E-state index contributed by atoms with van der Waals surface area (Å²) < 4.78 is 4.87. The second kappa shape index (κ2) is 5.06. The van der Waals surface area contributed by atoms with Gasteiger partial charge in [0, 0.05) is 6.42 Å². The Hall–Kier alpha value is -0.760. The number of rotatable bonds is 4. The quantitative estimate of drug-likeness (QED) is 0.368. The van der Waals surface area contributed by atoms with Crippen LogP contribution in [0.15, 0.2) is 24.5 Å². The largest absolute Gasteiger partial charge is 0.472 e. The van der Waals surface area contributed by atoms with Gasteiger partial charge in [-0.2, -0.15) is 0 Å². The van der Waals surface area contributed by atoms with Crippen molar-refractivity contribution in [3.63, 3.8) is 0 Å². The Bertz CT molecular complexity index is 123. The van der Waals surface area contributed by atoms with Crippen molar-refractivity contribution < 1.29 is 9.84 Å². The van der Waals surface area contributed by atoms with Gasteiger partial charge in [0.25, 0.3) is 0 Å². The fraction of sp³-hybridized carbons (Fsp3) is 0.500. The molecule has 0 amide bonds. The highest BCUT2D eigenvalue weighted by molar-refractivity contribution is 4.86. The standard InChI is InChI=1S/C8H14O2/c1-4-5-8(9)10-6-7(2)3/h4,6,8-9H,1,5H2,2-3H3. The average molecular weight is 142 g/mol. The molecule has 0 rings (SSSR count). The van der Waals surface area contributed by atoms with Crippen LogP contribution in [0.3, 0.4) is 0 Å². The maximum Gasteiger partial charge on any atom is 0.199 e. The lowest BCUT2D eigenvalue weighted by molar-refractivity contribution is -0.0482. The molecule has 0 bridgehead atoms. The van der Waals surface area contributed by atoms with Crippen LogP contribution in [-0.2, 0) is 4.74 Å². The molecule has 0 fully saturated rings. The molecule has 0 aliphatic carbocycles. The minimum Gasteiger partial charge on any atom is -0.472 e. The van der Waals surface area contributed by atoms with Gasteiger partial charge in [0.05, 0.1) is 6.26 Å². The summed E-state index contributed by atoms with van der Waals surface area (Å²) in [6.45, 7) is 7.27. The molecule has 0 aromatic carbocycles. The molecule has 0 aliphatic heterocycles. The van der Waals surface area contributed by atoms with Crippen molar-refractivity contribution in [1.82, 2.24) is 0 Å². The summed E-state index contributed by atoms with van der Waals surface area (Å²) in [5.41, 5.74) is 1.03. The topological polar surface area (TPSA) is 29.5 Å². The van der Waals surface area contributed by atoms with Crippen molar-refractivity contribution in [3.8, 4) is 0 Å². The SMILES string of the molecule is C=CCC(O)OC=C(C)C. The zero-order chi connectivity index (χ0) is 7.98. The minimum atomic E-state index is -0.743. The van der Waals surface area contributed by atoms with E-state index in [1.54, 1.807) is 6.08 Å². The highest BCUT2D eigenvalue weighted by Gasteiger charge is 1.96. The van der Waals surface area contributed by atoms with E-state index < -0.39 is 6.29 Å². The summed E-state index contributed by atoms with van der Waals surface area (Å²) in [4.78, 5) is 0. The molecule has 0 saturated carbocycles. The maximum atomic E-state index is 8.96. The molecule has 1 N–H and O–H groups in total. The molecule has 0 spiro atoms. The number of aliphatic hydroxyl groups excluding tert-OH is 1. The van der Waals surface area contributed by atoms with E-state index in [4.69, 9.17) is 9.84 Å². The summed E-state index contributed by atoms with van der Waals surface area (Å²) in [6.07, 6.45) is 2.87. The molecule has 0 aromatic rings. The molecule has 1 atom stereocenters. The van der Waals surface area contributed by atoms with Crippen LogP contribution in [-0.4, -0.2) is 11.4 Å². The van der Waals surface area contributed by atoms with Crippen LogP contribution in [0.1, 0.15) is 20.3 Å². The summed E-state index contributed by atoms with van der Waals surface area (Å²) in [5.74, 6) is 0. The van der Waals surface area contributed by atoms with Gasteiger partial charge < -0.3 is 9.84 Å². The Balaban J connectivity index is 3.48. The third kappa shape index (κ3) is 5.38. The molecule has 0 radical (unpaired) electrons. The van der Waals surface area contributed by atoms with Crippen molar-refractivity contribution in [2.24, 2.45) is 0 Å². The molecule has 1 unspecified atom stereocenters. The third-order valence-electron chi connectivity index (χ3n) is 0.829. The lowest BCUT2D eigenvalue weighted by atomic mass is 10.4. The Morgan fingerprint density at radius 2 is 2.30 bits per heavy atom. The second-order valence-electron chi connectivity index (χ2n) is 2.31. The van der Waals surface area contributed by atoms with Crippen molar-refractivity contribution >= 4 is 0 Å². The molecule has 58 valence electrons. The first-order valence-corrected chi connectivity index (χ1v) is 3.24. The van der Waals surface area contributed by atoms with Crippen LogP contribution in [0.25, 0.3) is 0 Å². The van der Waals surface area contributed by atoms with Gasteiger partial charge in [-0.15, -0.1) is 6.58 Å². The summed E-state index contributed by atoms with van der Waals surface area (Å²) in [6, 6.07) is 0. The van der Waals surface area contributed by atoms with E-state index in [1.165, 1.54) is 6.26 Å². The maximum absolute atomic E-state index is 8.96. The van der Waals surface area contributed by atoms with Crippen molar-refractivity contribution in [2.45, 2.75) is 26.6 Å². The highest BCUT2D eigenvalue weighted by Crippen LogP contribution is 1.97. The van der Waals surface area contributed by atoms with E-state index in [2.05, 4.69) is 6.58 Å². The van der Waals surface area contributed by atoms with E-state index in [-0.39, 0.29) is 0 Å². The van der Waals surface area contributed by atoms with E-state index in [0.717, 1.165) is 5.57 Å². The average Bonchev–Trinajstić information content (AvgIpc) is 1.85. The zero-order valence-electron chi connectivity index (χ0n) is 6.50. The van der Waals surface area contributed by atoms with Crippen LogP contribution in [0.4, 0.5) is 0 Å². The van der Waals surface area contributed by atoms with Gasteiger partial charge in [0.2, 0.25) is 0 Å². The normalized spacial score (nSPS) is 11.9. The van der Waals surface area contributed by atoms with Crippen LogP contribution < -0.4 is 0 Å². The van der Waals surface area contributed by atoms with Crippen molar-refractivity contribution in [2.75, 3.05) is 0 Å². The fourth-order valence-corrected chi connectivity index (χ4v) is 0.413. The number of ether oxygens (including phenoxy) is 1. The lowest BCUT2D eigenvalue weighted by Gasteiger charge is -2.06. The first kappa shape index (κ1) is 9.24. The van der Waals surface area contributed by atoms with E-state index >= 15 is 0 Å². The van der Waals surface area contributed by atoms with Crippen LogP contribution >= 0.6 is 0 Å². The second-order valence-corrected chi connectivity index (χ2v) is 2.31. The Morgan fingerprint density at radius 3 is 2.70 bits per heavy atom. The number of hydrogen-bond donors (Lipinski definition) is 1. The number of aliphatic hydroxyl groups is 1. The van der Waals surface area contributed by atoms with Crippen LogP contribution in [0.5, 0.6) is 0 Å². The van der Waals surface area contributed by atoms with Crippen molar-refractivity contribution in [1.29, 1.82) is 0 Å².